The smallest absolute Gasteiger partial charge is 0.277 e. The summed E-state index contributed by atoms with van der Waals surface area (Å²) in [6, 6.07) is 4.56. The molecular weight excluding hydrogens is 391 g/mol. The number of nitrogens with one attached hydrogen (secondary N) is 1. The van der Waals surface area contributed by atoms with Crippen molar-refractivity contribution in [1.29, 1.82) is 0 Å². The molecule has 0 saturated heterocycles. The van der Waals surface area contributed by atoms with Gasteiger partial charge >= 0.3 is 0 Å². The number of Topliss-reactive ketones (excluding diaryl/α,β-unsaturated/α-hetero) is 1. The molecule has 0 aliphatic rings. The van der Waals surface area contributed by atoms with Crippen molar-refractivity contribution in [2.75, 3.05) is 0 Å². The molecule has 1 aromatic carbocycles. The predicted octanol–water partition coefficient (Wildman–Crippen LogP) is 3.34. The van der Waals surface area contributed by atoms with Crippen LogP contribution in [0.15, 0.2) is 29.2 Å². The Labute approximate surface area is 164 Å². The molecule has 27 heavy (non-hydrogen) atoms. The van der Waals surface area contributed by atoms with Crippen LogP contribution in [0, 0.1) is 0 Å². The van der Waals surface area contributed by atoms with Gasteiger partial charge in [0.1, 0.15) is 11.3 Å². The lowest BCUT2D eigenvalue weighted by Gasteiger charge is -2.11. The first-order valence-electron chi connectivity index (χ1n) is 8.12. The van der Waals surface area contributed by atoms with Crippen LogP contribution in [0.2, 0.25) is 10.0 Å². The van der Waals surface area contributed by atoms with E-state index in [0.29, 0.717) is 22.8 Å². The molecule has 9 heteroatoms. The lowest BCUT2D eigenvalue weighted by molar-refractivity contribution is 0.101. The first-order chi connectivity index (χ1) is 12.8. The van der Waals surface area contributed by atoms with Crippen molar-refractivity contribution in [2.24, 2.45) is 7.05 Å². The summed E-state index contributed by atoms with van der Waals surface area (Å²) < 4.78 is 2.79. The molecule has 0 bridgehead atoms. The summed E-state index contributed by atoms with van der Waals surface area (Å²) in [5.74, 6) is -0.718. The summed E-state index contributed by atoms with van der Waals surface area (Å²) in [4.78, 5) is 36.7. The van der Waals surface area contributed by atoms with E-state index in [4.69, 9.17) is 23.2 Å². The quantitative estimate of drug-likeness (QED) is 0.657. The molecule has 0 aliphatic heterocycles. The lowest BCUT2D eigenvalue weighted by Crippen LogP contribution is -2.21. The zero-order chi connectivity index (χ0) is 19.9. The minimum atomic E-state index is -0.514. The number of aromatic nitrogens is 4. The number of hydrogen-bond donors (Lipinski definition) is 1. The van der Waals surface area contributed by atoms with E-state index in [-0.39, 0.29) is 27.6 Å². The highest BCUT2D eigenvalue weighted by Gasteiger charge is 2.24. The number of aryl methyl sites for hydroxylation is 2. The van der Waals surface area contributed by atoms with Crippen LogP contribution in [0.5, 0.6) is 0 Å². The number of hydrogen-bond acceptors (Lipinski definition) is 4. The van der Waals surface area contributed by atoms with Crippen LogP contribution in [0.1, 0.15) is 40.3 Å². The molecule has 140 valence electrons. The average Bonchev–Trinajstić information content (AvgIpc) is 3.18. The number of nitrogens with zero attached hydrogens (tertiary/aromatic N) is 3. The number of H-pyrrole nitrogens is 1. The fourth-order valence-electron chi connectivity index (χ4n) is 2.79. The number of carbonyl (C=O) groups is 2. The van der Waals surface area contributed by atoms with E-state index in [1.54, 1.807) is 20.0 Å². The van der Waals surface area contributed by atoms with Crippen molar-refractivity contribution < 1.29 is 9.59 Å². The minimum Gasteiger partial charge on any atom is -0.302 e. The highest BCUT2D eigenvalue weighted by molar-refractivity contribution is 6.41. The van der Waals surface area contributed by atoms with Gasteiger partial charge in [0.2, 0.25) is 5.78 Å². The van der Waals surface area contributed by atoms with Crippen molar-refractivity contribution in [2.45, 2.75) is 20.4 Å². The lowest BCUT2D eigenvalue weighted by atomic mass is 10.0. The van der Waals surface area contributed by atoms with Crippen LogP contribution in [0.25, 0.3) is 11.3 Å². The van der Waals surface area contributed by atoms with E-state index in [2.05, 4.69) is 10.2 Å². The number of benzene rings is 1. The van der Waals surface area contributed by atoms with E-state index in [0.717, 1.165) is 0 Å². The Kier molecular flexibility index (Phi) is 5.08. The summed E-state index contributed by atoms with van der Waals surface area (Å²) in [7, 11) is 1.65. The van der Waals surface area contributed by atoms with Gasteiger partial charge in [-0.05, 0) is 25.1 Å². The Morgan fingerprint density at radius 1 is 1.22 bits per heavy atom. The number of aromatic amines is 1. The normalized spacial score (nSPS) is 11.0. The molecule has 7 nitrogen and oxygen atoms in total. The fourth-order valence-corrected chi connectivity index (χ4v) is 3.44. The van der Waals surface area contributed by atoms with Gasteiger partial charge in [0.25, 0.3) is 5.56 Å². The van der Waals surface area contributed by atoms with Crippen molar-refractivity contribution >= 4 is 34.8 Å². The molecule has 2 heterocycles. The van der Waals surface area contributed by atoms with E-state index < -0.39 is 11.3 Å². The van der Waals surface area contributed by atoms with Gasteiger partial charge in [-0.25, -0.2) is 0 Å². The molecule has 1 N–H and O–H groups in total. The van der Waals surface area contributed by atoms with Crippen molar-refractivity contribution in [3.63, 3.8) is 0 Å². The molecule has 0 amide bonds. The minimum absolute atomic E-state index is 0.0125. The Hall–Kier alpha value is -2.64. The van der Waals surface area contributed by atoms with Gasteiger partial charge in [-0.1, -0.05) is 23.2 Å². The van der Waals surface area contributed by atoms with Crippen LogP contribution in [-0.2, 0) is 13.6 Å². The third kappa shape index (κ3) is 3.24. The van der Waals surface area contributed by atoms with Gasteiger partial charge in [0, 0.05) is 37.8 Å². The maximum absolute atomic E-state index is 12.9. The third-order valence-corrected chi connectivity index (χ3v) is 4.94. The molecular formula is C18H16Cl2N4O3. The summed E-state index contributed by atoms with van der Waals surface area (Å²) in [6.45, 7) is 3.60. The van der Waals surface area contributed by atoms with E-state index in [9.17, 15) is 14.4 Å². The second kappa shape index (κ2) is 7.17. The highest BCUT2D eigenvalue weighted by atomic mass is 35.5. The second-order valence-corrected chi connectivity index (χ2v) is 6.73. The second-order valence-electron chi connectivity index (χ2n) is 5.94. The standard InChI is InChI=1S/C18H16Cl2N4O3/c1-4-24-18(27)11(8-21-24)17(26)10-5-6-12(19)15(16(10)20)14-7-13(9(2)25)22-23(14)3/h5-8,21H,4H2,1-3H3. The van der Waals surface area contributed by atoms with Gasteiger partial charge in [0.15, 0.2) is 5.78 Å². The number of halogens is 2. The molecule has 3 rings (SSSR count). The van der Waals surface area contributed by atoms with Gasteiger partial charge in [-0.2, -0.15) is 5.10 Å². The zero-order valence-corrected chi connectivity index (χ0v) is 16.4. The molecule has 0 radical (unpaired) electrons. The zero-order valence-electron chi connectivity index (χ0n) is 14.8. The average molecular weight is 407 g/mol. The number of rotatable bonds is 5. The Morgan fingerprint density at radius 2 is 1.93 bits per heavy atom. The first kappa shape index (κ1) is 19.1. The van der Waals surface area contributed by atoms with Crippen LogP contribution in [0.4, 0.5) is 0 Å². The maximum Gasteiger partial charge on any atom is 0.277 e. The largest absolute Gasteiger partial charge is 0.302 e. The highest BCUT2D eigenvalue weighted by Crippen LogP contribution is 2.37. The monoisotopic (exact) mass is 406 g/mol. The summed E-state index contributed by atoms with van der Waals surface area (Å²) in [5.41, 5.74) is 0.827. The van der Waals surface area contributed by atoms with Crippen LogP contribution in [0.3, 0.4) is 0 Å². The molecule has 0 aliphatic carbocycles. The molecule has 0 fully saturated rings. The van der Waals surface area contributed by atoms with Crippen LogP contribution >= 0.6 is 23.2 Å². The van der Waals surface area contributed by atoms with Crippen molar-refractivity contribution in [3.8, 4) is 11.3 Å². The molecule has 0 unspecified atom stereocenters. The molecule has 0 atom stereocenters. The van der Waals surface area contributed by atoms with Crippen LogP contribution in [-0.4, -0.2) is 31.1 Å². The van der Waals surface area contributed by atoms with Crippen LogP contribution < -0.4 is 5.56 Å². The summed E-state index contributed by atoms with van der Waals surface area (Å²) in [6.07, 6.45) is 1.36. The number of carbonyl (C=O) groups excluding carboxylic acids is 2. The van der Waals surface area contributed by atoms with Crippen molar-refractivity contribution in [3.05, 3.63) is 61.6 Å². The first-order valence-corrected chi connectivity index (χ1v) is 8.88. The SMILES string of the molecule is CCn1[nH]cc(C(=O)c2ccc(Cl)c(-c3cc(C(C)=O)nn3C)c2Cl)c1=O. The third-order valence-electron chi connectivity index (χ3n) is 4.23. The summed E-state index contributed by atoms with van der Waals surface area (Å²) in [5, 5.41) is 7.27. The molecule has 0 saturated carbocycles. The predicted molar refractivity (Wildman–Crippen MR) is 103 cm³/mol. The topological polar surface area (TPSA) is 89.8 Å². The Balaban J connectivity index is 2.17. The molecule has 0 spiro atoms. The Bertz CT molecular complexity index is 1120. The summed E-state index contributed by atoms with van der Waals surface area (Å²) >= 11 is 12.8. The van der Waals surface area contributed by atoms with E-state index in [1.807, 2.05) is 0 Å². The van der Waals surface area contributed by atoms with E-state index >= 15 is 0 Å². The van der Waals surface area contributed by atoms with Crippen molar-refractivity contribution in [1.82, 2.24) is 19.6 Å². The molecule has 2 aromatic heterocycles. The maximum atomic E-state index is 12.9. The Morgan fingerprint density at radius 3 is 2.48 bits per heavy atom. The fraction of sp³-hybridized carbons (Fsp3) is 0.222. The van der Waals surface area contributed by atoms with Gasteiger partial charge in [-0.15, -0.1) is 0 Å². The number of ketones is 2. The molecule has 3 aromatic rings. The van der Waals surface area contributed by atoms with E-state index in [1.165, 1.54) is 34.6 Å². The van der Waals surface area contributed by atoms with Gasteiger partial charge in [0.05, 0.1) is 15.7 Å². The van der Waals surface area contributed by atoms with Gasteiger partial charge in [-0.3, -0.25) is 23.7 Å². The van der Waals surface area contributed by atoms with Gasteiger partial charge < -0.3 is 5.10 Å².